The second-order valence-corrected chi connectivity index (χ2v) is 5.82. The van der Waals surface area contributed by atoms with Gasteiger partial charge in [-0.3, -0.25) is 9.59 Å². The number of carboxylic acids is 1. The lowest BCUT2D eigenvalue weighted by Crippen LogP contribution is -2.54. The number of aliphatic carboxylic acids is 1. The van der Waals surface area contributed by atoms with Crippen molar-refractivity contribution in [1.82, 2.24) is 5.32 Å². The highest BCUT2D eigenvalue weighted by Gasteiger charge is 2.41. The second-order valence-electron chi connectivity index (χ2n) is 5.38. The number of carboxylic acid groups (broad SMARTS) is 1. The van der Waals surface area contributed by atoms with Gasteiger partial charge >= 0.3 is 12.1 Å². The normalized spacial score (nSPS) is 16.7. The quantitative estimate of drug-likeness (QED) is 0.885. The van der Waals surface area contributed by atoms with Crippen molar-refractivity contribution in [3.63, 3.8) is 0 Å². The number of hydrogen-bond acceptors (Lipinski definition) is 2. The molecular weight excluding hydrogens is 323 g/mol. The summed E-state index contributed by atoms with van der Waals surface area (Å²) < 4.78 is 38.2. The molecule has 1 aromatic carbocycles. The number of hydrogen-bond donors (Lipinski definition) is 2. The number of amides is 1. The van der Waals surface area contributed by atoms with Crippen LogP contribution in [0.1, 0.15) is 41.6 Å². The highest BCUT2D eigenvalue weighted by atomic mass is 35.5. The molecule has 0 saturated heterocycles. The van der Waals surface area contributed by atoms with Crippen LogP contribution in [0.25, 0.3) is 0 Å². The molecule has 0 aromatic heterocycles. The number of alkyl halides is 3. The molecule has 120 valence electrons. The van der Waals surface area contributed by atoms with Crippen LogP contribution >= 0.6 is 11.6 Å². The molecule has 2 N–H and O–H groups in total. The van der Waals surface area contributed by atoms with Crippen LogP contribution in [-0.2, 0) is 11.0 Å². The fourth-order valence-electron chi connectivity index (χ4n) is 2.44. The molecule has 1 fully saturated rings. The van der Waals surface area contributed by atoms with Crippen molar-refractivity contribution in [3.8, 4) is 0 Å². The molecule has 0 heterocycles. The summed E-state index contributed by atoms with van der Waals surface area (Å²) >= 11 is 5.63. The number of rotatable bonds is 4. The third-order valence-electron chi connectivity index (χ3n) is 3.67. The predicted octanol–water partition coefficient (Wildman–Crippen LogP) is 3.49. The second kappa shape index (κ2) is 5.79. The molecule has 2 rings (SSSR count). The third kappa shape index (κ3) is 3.71. The van der Waals surface area contributed by atoms with Crippen molar-refractivity contribution in [2.24, 2.45) is 0 Å². The minimum Gasteiger partial charge on any atom is -0.481 e. The van der Waals surface area contributed by atoms with E-state index in [9.17, 15) is 22.8 Å². The lowest BCUT2D eigenvalue weighted by atomic mass is 9.74. The van der Waals surface area contributed by atoms with Crippen molar-refractivity contribution < 1.29 is 27.9 Å². The topological polar surface area (TPSA) is 66.4 Å². The predicted molar refractivity (Wildman–Crippen MR) is 72.8 cm³/mol. The molecule has 0 bridgehead atoms. The van der Waals surface area contributed by atoms with Gasteiger partial charge in [-0.25, -0.2) is 0 Å². The maximum atomic E-state index is 12.7. The Labute approximate surface area is 129 Å². The van der Waals surface area contributed by atoms with Gasteiger partial charge in [-0.05, 0) is 37.5 Å². The van der Waals surface area contributed by atoms with Gasteiger partial charge in [0.1, 0.15) is 0 Å². The smallest absolute Gasteiger partial charge is 0.416 e. The average Bonchev–Trinajstić information content (AvgIpc) is 2.33. The van der Waals surface area contributed by atoms with Crippen LogP contribution < -0.4 is 5.32 Å². The third-order valence-corrected chi connectivity index (χ3v) is 3.88. The zero-order chi connectivity index (χ0) is 16.5. The van der Waals surface area contributed by atoms with Crippen LogP contribution in [0.3, 0.4) is 0 Å². The van der Waals surface area contributed by atoms with Crippen molar-refractivity contribution in [3.05, 3.63) is 34.3 Å². The van der Waals surface area contributed by atoms with Crippen LogP contribution in [0.15, 0.2) is 18.2 Å². The van der Waals surface area contributed by atoms with E-state index in [0.717, 1.165) is 18.6 Å². The maximum absolute atomic E-state index is 12.7. The van der Waals surface area contributed by atoms with E-state index in [1.54, 1.807) is 0 Å². The molecule has 1 amide bonds. The van der Waals surface area contributed by atoms with Gasteiger partial charge in [0.2, 0.25) is 0 Å². The lowest BCUT2D eigenvalue weighted by molar-refractivity contribution is -0.139. The van der Waals surface area contributed by atoms with Crippen molar-refractivity contribution in [2.45, 2.75) is 37.4 Å². The Morgan fingerprint density at radius 2 is 1.91 bits per heavy atom. The molecule has 22 heavy (non-hydrogen) atoms. The first-order valence-electron chi connectivity index (χ1n) is 6.53. The molecule has 0 radical (unpaired) electrons. The van der Waals surface area contributed by atoms with Crippen molar-refractivity contribution >= 4 is 23.5 Å². The molecule has 0 unspecified atom stereocenters. The van der Waals surface area contributed by atoms with Gasteiger partial charge in [-0.2, -0.15) is 13.2 Å². The first-order valence-corrected chi connectivity index (χ1v) is 6.91. The van der Waals surface area contributed by atoms with Gasteiger partial charge in [0.05, 0.1) is 17.5 Å². The van der Waals surface area contributed by atoms with Crippen molar-refractivity contribution in [1.29, 1.82) is 0 Å². The molecule has 4 nitrogen and oxygen atoms in total. The van der Waals surface area contributed by atoms with Gasteiger partial charge in [0.15, 0.2) is 0 Å². The Kier molecular flexibility index (Phi) is 4.37. The molecule has 1 saturated carbocycles. The molecule has 1 aliphatic rings. The van der Waals surface area contributed by atoms with Crippen LogP contribution in [0.4, 0.5) is 13.2 Å². The SMILES string of the molecule is O=C(O)CC1(NC(=O)c2cc(Cl)cc(C(F)(F)F)c2)CCC1. The molecular formula is C14H13ClF3NO3. The Morgan fingerprint density at radius 1 is 1.27 bits per heavy atom. The average molecular weight is 336 g/mol. The number of carbonyl (C=O) groups excluding carboxylic acids is 1. The van der Waals surface area contributed by atoms with E-state index in [4.69, 9.17) is 16.7 Å². The molecule has 0 atom stereocenters. The first kappa shape index (κ1) is 16.6. The molecule has 1 aromatic rings. The summed E-state index contributed by atoms with van der Waals surface area (Å²) in [6.07, 6.45) is -3.15. The summed E-state index contributed by atoms with van der Waals surface area (Å²) in [6.45, 7) is 0. The fraction of sp³-hybridized carbons (Fsp3) is 0.429. The van der Waals surface area contributed by atoms with Crippen LogP contribution in [0.2, 0.25) is 5.02 Å². The minimum absolute atomic E-state index is 0.208. The largest absolute Gasteiger partial charge is 0.481 e. The van der Waals surface area contributed by atoms with E-state index in [1.165, 1.54) is 0 Å². The van der Waals surface area contributed by atoms with Gasteiger partial charge in [-0.1, -0.05) is 11.6 Å². The first-order chi connectivity index (χ1) is 10.1. The van der Waals surface area contributed by atoms with Gasteiger partial charge in [0, 0.05) is 10.6 Å². The van der Waals surface area contributed by atoms with E-state index < -0.39 is 29.2 Å². The van der Waals surface area contributed by atoms with Crippen molar-refractivity contribution in [2.75, 3.05) is 0 Å². The van der Waals surface area contributed by atoms with Gasteiger partial charge in [-0.15, -0.1) is 0 Å². The number of halogens is 4. The summed E-state index contributed by atoms with van der Waals surface area (Å²) in [7, 11) is 0. The Hall–Kier alpha value is -1.76. The summed E-state index contributed by atoms with van der Waals surface area (Å²) in [6, 6.07) is 2.56. The Morgan fingerprint density at radius 3 is 2.36 bits per heavy atom. The summed E-state index contributed by atoms with van der Waals surface area (Å²) in [5.74, 6) is -1.82. The molecule has 8 heteroatoms. The molecule has 1 aliphatic carbocycles. The summed E-state index contributed by atoms with van der Waals surface area (Å²) in [5, 5.41) is 11.2. The summed E-state index contributed by atoms with van der Waals surface area (Å²) in [5.41, 5.74) is -2.15. The number of nitrogens with one attached hydrogen (secondary N) is 1. The Balaban J connectivity index is 2.22. The van der Waals surface area contributed by atoms with E-state index in [2.05, 4.69) is 5.32 Å². The zero-order valence-electron chi connectivity index (χ0n) is 11.3. The van der Waals surface area contributed by atoms with Crippen LogP contribution in [0, 0.1) is 0 Å². The minimum atomic E-state index is -4.62. The zero-order valence-corrected chi connectivity index (χ0v) is 12.1. The monoisotopic (exact) mass is 335 g/mol. The van der Waals surface area contributed by atoms with E-state index in [1.807, 2.05) is 0 Å². The summed E-state index contributed by atoms with van der Waals surface area (Å²) in [4.78, 5) is 23.0. The highest BCUT2D eigenvalue weighted by molar-refractivity contribution is 6.31. The van der Waals surface area contributed by atoms with Gasteiger partial charge in [0.25, 0.3) is 5.91 Å². The van der Waals surface area contributed by atoms with E-state index in [-0.39, 0.29) is 17.0 Å². The van der Waals surface area contributed by atoms with Crippen LogP contribution in [0.5, 0.6) is 0 Å². The lowest BCUT2D eigenvalue weighted by Gasteiger charge is -2.41. The maximum Gasteiger partial charge on any atom is 0.416 e. The number of carbonyl (C=O) groups is 2. The van der Waals surface area contributed by atoms with Crippen LogP contribution in [-0.4, -0.2) is 22.5 Å². The highest BCUT2D eigenvalue weighted by Crippen LogP contribution is 2.36. The fourth-order valence-corrected chi connectivity index (χ4v) is 2.67. The van der Waals surface area contributed by atoms with E-state index >= 15 is 0 Å². The molecule has 0 aliphatic heterocycles. The molecule has 0 spiro atoms. The Bertz CT molecular complexity index is 612. The van der Waals surface area contributed by atoms with E-state index in [0.29, 0.717) is 18.9 Å². The standard InChI is InChI=1S/C14H13ClF3NO3/c15-10-5-8(4-9(6-10)14(16,17)18)12(22)19-13(2-1-3-13)7-11(20)21/h4-6H,1-3,7H2,(H,19,22)(H,20,21). The number of benzene rings is 1. The van der Waals surface area contributed by atoms with Gasteiger partial charge < -0.3 is 10.4 Å².